The first kappa shape index (κ1) is 11.4. The molecule has 0 aliphatic carbocycles. The van der Waals surface area contributed by atoms with Crippen LogP contribution in [0.5, 0.6) is 0 Å². The summed E-state index contributed by atoms with van der Waals surface area (Å²) < 4.78 is 0. The van der Waals surface area contributed by atoms with E-state index >= 15 is 0 Å². The minimum atomic E-state index is -0.282. The SMILES string of the molecule is O=C(Nc1cccnc1Cl)c1sccc1Cl. The van der Waals surface area contributed by atoms with Crippen LogP contribution in [0.25, 0.3) is 0 Å². The predicted molar refractivity (Wildman–Crippen MR) is 66.5 cm³/mol. The van der Waals surface area contributed by atoms with E-state index in [1.165, 1.54) is 11.3 Å². The number of aromatic nitrogens is 1. The van der Waals surface area contributed by atoms with Gasteiger partial charge in [0.2, 0.25) is 0 Å². The number of thiophene rings is 1. The highest BCUT2D eigenvalue weighted by atomic mass is 35.5. The fraction of sp³-hybridized carbons (Fsp3) is 0. The number of nitrogens with zero attached hydrogens (tertiary/aromatic N) is 1. The number of hydrogen-bond donors (Lipinski definition) is 1. The third-order valence-corrected chi connectivity index (χ3v) is 3.47. The van der Waals surface area contributed by atoms with Crippen molar-refractivity contribution >= 4 is 46.1 Å². The highest BCUT2D eigenvalue weighted by Crippen LogP contribution is 2.24. The fourth-order valence-electron chi connectivity index (χ4n) is 1.11. The second-order valence-corrected chi connectivity index (χ2v) is 4.57. The lowest BCUT2D eigenvalue weighted by molar-refractivity contribution is 0.103. The average Bonchev–Trinajstić information content (AvgIpc) is 2.68. The van der Waals surface area contributed by atoms with Crippen molar-refractivity contribution in [1.82, 2.24) is 4.98 Å². The summed E-state index contributed by atoms with van der Waals surface area (Å²) in [4.78, 5) is 16.1. The van der Waals surface area contributed by atoms with Crippen LogP contribution in [-0.4, -0.2) is 10.9 Å². The molecule has 0 aliphatic heterocycles. The third kappa shape index (κ3) is 2.35. The molecule has 2 rings (SSSR count). The minimum absolute atomic E-state index is 0.253. The molecule has 0 fully saturated rings. The number of anilines is 1. The van der Waals surface area contributed by atoms with Crippen molar-refractivity contribution in [2.24, 2.45) is 0 Å². The Balaban J connectivity index is 2.21. The number of nitrogens with one attached hydrogen (secondary N) is 1. The fourth-order valence-corrected chi connectivity index (χ4v) is 2.32. The normalized spacial score (nSPS) is 10.1. The van der Waals surface area contributed by atoms with Gasteiger partial charge in [0, 0.05) is 6.20 Å². The van der Waals surface area contributed by atoms with E-state index < -0.39 is 0 Å². The van der Waals surface area contributed by atoms with Crippen molar-refractivity contribution < 1.29 is 4.79 Å². The van der Waals surface area contributed by atoms with Gasteiger partial charge in [0.25, 0.3) is 5.91 Å². The zero-order valence-corrected chi connectivity index (χ0v) is 10.2. The summed E-state index contributed by atoms with van der Waals surface area (Å²) in [7, 11) is 0. The Morgan fingerprint density at radius 1 is 1.38 bits per heavy atom. The molecule has 0 bridgehead atoms. The molecule has 1 N–H and O–H groups in total. The maximum atomic E-state index is 11.8. The van der Waals surface area contributed by atoms with Gasteiger partial charge in [0.15, 0.2) is 5.15 Å². The van der Waals surface area contributed by atoms with Crippen LogP contribution < -0.4 is 5.32 Å². The van der Waals surface area contributed by atoms with Crippen molar-refractivity contribution in [2.45, 2.75) is 0 Å². The summed E-state index contributed by atoms with van der Waals surface area (Å²) in [6, 6.07) is 5.04. The summed E-state index contributed by atoms with van der Waals surface area (Å²) >= 11 is 12.9. The van der Waals surface area contributed by atoms with Crippen LogP contribution in [0.15, 0.2) is 29.8 Å². The first-order valence-electron chi connectivity index (χ1n) is 4.33. The van der Waals surface area contributed by atoms with Crippen LogP contribution in [0.3, 0.4) is 0 Å². The molecule has 0 saturated carbocycles. The standard InChI is InChI=1S/C10H6Cl2N2OS/c11-6-3-5-16-8(6)10(15)14-7-2-1-4-13-9(7)12/h1-5H,(H,14,15). The molecule has 2 aromatic heterocycles. The number of rotatable bonds is 2. The van der Waals surface area contributed by atoms with Gasteiger partial charge >= 0.3 is 0 Å². The number of halogens is 2. The zero-order valence-electron chi connectivity index (χ0n) is 7.91. The summed E-state index contributed by atoms with van der Waals surface area (Å²) in [5.74, 6) is -0.282. The van der Waals surface area contributed by atoms with Crippen molar-refractivity contribution in [3.8, 4) is 0 Å². The number of carbonyl (C=O) groups is 1. The van der Waals surface area contributed by atoms with E-state index in [-0.39, 0.29) is 11.1 Å². The molecule has 0 radical (unpaired) electrons. The van der Waals surface area contributed by atoms with Gasteiger partial charge in [-0.1, -0.05) is 23.2 Å². The van der Waals surface area contributed by atoms with Crippen LogP contribution in [0.4, 0.5) is 5.69 Å². The Hall–Kier alpha value is -1.10. The van der Waals surface area contributed by atoms with Gasteiger partial charge in [-0.3, -0.25) is 4.79 Å². The van der Waals surface area contributed by atoms with Crippen LogP contribution in [0.2, 0.25) is 10.2 Å². The summed E-state index contributed by atoms with van der Waals surface area (Å²) in [5, 5.41) is 5.08. The molecule has 1 amide bonds. The lowest BCUT2D eigenvalue weighted by atomic mass is 10.4. The quantitative estimate of drug-likeness (QED) is 0.847. The molecule has 0 spiro atoms. The van der Waals surface area contributed by atoms with E-state index in [1.54, 1.807) is 29.8 Å². The van der Waals surface area contributed by atoms with Gasteiger partial charge in [0.1, 0.15) is 4.88 Å². The Labute approximate surface area is 106 Å². The lowest BCUT2D eigenvalue weighted by Crippen LogP contribution is -2.11. The van der Waals surface area contributed by atoms with E-state index in [0.29, 0.717) is 15.6 Å². The summed E-state index contributed by atoms with van der Waals surface area (Å²) in [6.45, 7) is 0. The summed E-state index contributed by atoms with van der Waals surface area (Å²) in [6.07, 6.45) is 1.55. The topological polar surface area (TPSA) is 42.0 Å². The molecular formula is C10H6Cl2N2OS. The number of pyridine rings is 1. The van der Waals surface area contributed by atoms with Crippen LogP contribution in [0, 0.1) is 0 Å². The van der Waals surface area contributed by atoms with Gasteiger partial charge < -0.3 is 5.32 Å². The van der Waals surface area contributed by atoms with Gasteiger partial charge in [-0.2, -0.15) is 0 Å². The zero-order chi connectivity index (χ0) is 11.5. The Bertz CT molecular complexity index is 527. The van der Waals surface area contributed by atoms with Crippen molar-refractivity contribution in [3.63, 3.8) is 0 Å². The first-order valence-corrected chi connectivity index (χ1v) is 5.97. The highest BCUT2D eigenvalue weighted by Gasteiger charge is 2.13. The number of carbonyl (C=O) groups excluding carboxylic acids is 1. The van der Waals surface area contributed by atoms with Gasteiger partial charge in [0.05, 0.1) is 10.7 Å². The van der Waals surface area contributed by atoms with E-state index in [2.05, 4.69) is 10.3 Å². The van der Waals surface area contributed by atoms with Crippen molar-refractivity contribution in [1.29, 1.82) is 0 Å². The predicted octanol–water partition coefficient (Wildman–Crippen LogP) is 3.70. The van der Waals surface area contributed by atoms with Crippen LogP contribution >= 0.6 is 34.5 Å². The Morgan fingerprint density at radius 3 is 2.81 bits per heavy atom. The monoisotopic (exact) mass is 272 g/mol. The molecule has 0 aliphatic rings. The Kier molecular flexibility index (Phi) is 3.43. The molecule has 0 saturated heterocycles. The summed E-state index contributed by atoms with van der Waals surface area (Å²) in [5.41, 5.74) is 0.471. The molecule has 0 unspecified atom stereocenters. The molecule has 6 heteroatoms. The van der Waals surface area contributed by atoms with E-state index in [4.69, 9.17) is 23.2 Å². The van der Waals surface area contributed by atoms with E-state index in [1.807, 2.05) is 0 Å². The number of hydrogen-bond acceptors (Lipinski definition) is 3. The second-order valence-electron chi connectivity index (χ2n) is 2.89. The molecule has 0 aromatic carbocycles. The smallest absolute Gasteiger partial charge is 0.267 e. The van der Waals surface area contributed by atoms with Gasteiger partial charge in [-0.15, -0.1) is 11.3 Å². The third-order valence-electron chi connectivity index (χ3n) is 1.83. The maximum Gasteiger partial charge on any atom is 0.267 e. The Morgan fingerprint density at radius 2 is 2.19 bits per heavy atom. The highest BCUT2D eigenvalue weighted by molar-refractivity contribution is 7.12. The van der Waals surface area contributed by atoms with Crippen molar-refractivity contribution in [3.05, 3.63) is 44.8 Å². The first-order chi connectivity index (χ1) is 7.68. The molecule has 2 aromatic rings. The maximum absolute atomic E-state index is 11.8. The lowest BCUT2D eigenvalue weighted by Gasteiger charge is -2.04. The average molecular weight is 273 g/mol. The van der Waals surface area contributed by atoms with Crippen LogP contribution in [0.1, 0.15) is 9.67 Å². The second kappa shape index (κ2) is 4.82. The van der Waals surface area contributed by atoms with E-state index in [0.717, 1.165) is 0 Å². The molecule has 2 heterocycles. The van der Waals surface area contributed by atoms with Crippen molar-refractivity contribution in [2.75, 3.05) is 5.32 Å². The molecule has 82 valence electrons. The van der Waals surface area contributed by atoms with Gasteiger partial charge in [-0.05, 0) is 23.6 Å². The minimum Gasteiger partial charge on any atom is -0.319 e. The van der Waals surface area contributed by atoms with Crippen LogP contribution in [-0.2, 0) is 0 Å². The molecule has 3 nitrogen and oxygen atoms in total. The molecule has 0 atom stereocenters. The number of amides is 1. The molecule has 16 heavy (non-hydrogen) atoms. The van der Waals surface area contributed by atoms with E-state index in [9.17, 15) is 4.79 Å². The van der Waals surface area contributed by atoms with Gasteiger partial charge in [-0.25, -0.2) is 4.98 Å². The molecular weight excluding hydrogens is 267 g/mol. The largest absolute Gasteiger partial charge is 0.319 e.